The maximum absolute atomic E-state index is 12.5. The number of nitrogens with one attached hydrogen (secondary N) is 1. The Morgan fingerprint density at radius 1 is 1.04 bits per heavy atom. The summed E-state index contributed by atoms with van der Waals surface area (Å²) < 4.78 is 47.6. The van der Waals surface area contributed by atoms with Crippen molar-refractivity contribution in [1.29, 1.82) is 0 Å². The molecule has 0 bridgehead atoms. The molecule has 8 heteroatoms. The zero-order valence-electron chi connectivity index (χ0n) is 14.7. The van der Waals surface area contributed by atoms with Crippen LogP contribution in [0.1, 0.15) is 28.4 Å². The van der Waals surface area contributed by atoms with E-state index in [1.165, 1.54) is 6.92 Å². The number of esters is 1. The van der Waals surface area contributed by atoms with E-state index >= 15 is 0 Å². The molecule has 1 N–H and O–H groups in total. The first-order chi connectivity index (χ1) is 12.7. The van der Waals surface area contributed by atoms with Crippen molar-refractivity contribution in [2.75, 3.05) is 7.11 Å². The van der Waals surface area contributed by atoms with Gasteiger partial charge in [-0.05, 0) is 48.9 Å². The minimum absolute atomic E-state index is 0.0715. The number of carbonyl (C=O) groups is 2. The molecule has 5 nitrogen and oxygen atoms in total. The predicted molar refractivity (Wildman–Crippen MR) is 91.2 cm³/mol. The molecule has 0 fully saturated rings. The molecule has 27 heavy (non-hydrogen) atoms. The lowest BCUT2D eigenvalue weighted by Gasteiger charge is -2.14. The average molecular weight is 381 g/mol. The second kappa shape index (κ2) is 8.57. The fourth-order valence-corrected chi connectivity index (χ4v) is 2.15. The Hall–Kier alpha value is -3.03. The molecule has 0 aliphatic heterocycles. The molecule has 0 saturated heterocycles. The van der Waals surface area contributed by atoms with E-state index in [0.29, 0.717) is 5.75 Å². The van der Waals surface area contributed by atoms with Crippen molar-refractivity contribution in [3.8, 4) is 5.75 Å². The lowest BCUT2D eigenvalue weighted by atomic mass is 10.1. The highest BCUT2D eigenvalue weighted by Crippen LogP contribution is 2.29. The van der Waals surface area contributed by atoms with Gasteiger partial charge in [-0.1, -0.05) is 12.1 Å². The van der Waals surface area contributed by atoms with Gasteiger partial charge in [-0.15, -0.1) is 0 Å². The maximum Gasteiger partial charge on any atom is 0.416 e. The third-order valence-corrected chi connectivity index (χ3v) is 3.73. The quantitative estimate of drug-likeness (QED) is 0.777. The van der Waals surface area contributed by atoms with Crippen LogP contribution in [0.5, 0.6) is 5.75 Å². The molecule has 144 valence electrons. The molecule has 0 unspecified atom stereocenters. The summed E-state index contributed by atoms with van der Waals surface area (Å²) in [5, 5.41) is 2.62. The fraction of sp³-hybridized carbons (Fsp3) is 0.263. The summed E-state index contributed by atoms with van der Waals surface area (Å²) in [7, 11) is 1.55. The van der Waals surface area contributed by atoms with Gasteiger partial charge in [-0.2, -0.15) is 13.2 Å². The van der Waals surface area contributed by atoms with Gasteiger partial charge >= 0.3 is 12.1 Å². The summed E-state index contributed by atoms with van der Waals surface area (Å²) in [6, 6.07) is 10.6. The Balaban J connectivity index is 1.88. The molecular weight excluding hydrogens is 363 g/mol. The molecule has 2 aromatic carbocycles. The molecule has 0 spiro atoms. The van der Waals surface area contributed by atoms with Crippen LogP contribution < -0.4 is 10.1 Å². The van der Waals surface area contributed by atoms with E-state index in [0.717, 1.165) is 29.8 Å². The van der Waals surface area contributed by atoms with Gasteiger partial charge in [-0.3, -0.25) is 4.79 Å². The van der Waals surface area contributed by atoms with Gasteiger partial charge in [-0.25, -0.2) is 4.79 Å². The van der Waals surface area contributed by atoms with Gasteiger partial charge in [0.25, 0.3) is 5.91 Å². The van der Waals surface area contributed by atoms with Crippen molar-refractivity contribution in [2.24, 2.45) is 0 Å². The van der Waals surface area contributed by atoms with E-state index < -0.39 is 29.7 Å². The number of ether oxygens (including phenoxy) is 2. The first-order valence-electron chi connectivity index (χ1n) is 7.99. The molecule has 0 aromatic heterocycles. The number of carbonyl (C=O) groups excluding carboxylic acids is 2. The van der Waals surface area contributed by atoms with Crippen LogP contribution in [0.15, 0.2) is 48.5 Å². The van der Waals surface area contributed by atoms with Crippen LogP contribution in [0.2, 0.25) is 0 Å². The molecule has 0 aliphatic carbocycles. The van der Waals surface area contributed by atoms with Crippen molar-refractivity contribution in [2.45, 2.75) is 25.7 Å². The van der Waals surface area contributed by atoms with E-state index in [1.807, 2.05) is 0 Å². The molecule has 0 saturated carbocycles. The van der Waals surface area contributed by atoms with Gasteiger partial charge in [0.15, 0.2) is 6.10 Å². The van der Waals surface area contributed by atoms with Gasteiger partial charge in [0.2, 0.25) is 0 Å². The zero-order chi connectivity index (χ0) is 20.0. The monoisotopic (exact) mass is 381 g/mol. The Bertz CT molecular complexity index is 786. The summed E-state index contributed by atoms with van der Waals surface area (Å²) in [5.74, 6) is -0.717. The number of alkyl halides is 3. The van der Waals surface area contributed by atoms with Crippen molar-refractivity contribution in [1.82, 2.24) is 5.32 Å². The lowest BCUT2D eigenvalue weighted by molar-refractivity contribution is -0.137. The molecule has 2 aromatic rings. The first-order valence-corrected chi connectivity index (χ1v) is 7.99. The number of hydrogen-bond acceptors (Lipinski definition) is 4. The molecule has 0 radical (unpaired) electrons. The van der Waals surface area contributed by atoms with Gasteiger partial charge < -0.3 is 14.8 Å². The van der Waals surface area contributed by atoms with Gasteiger partial charge in [0, 0.05) is 6.54 Å². The highest BCUT2D eigenvalue weighted by atomic mass is 19.4. The standard InChI is InChI=1S/C19H18F3NO4/c1-12(17(24)23-11-13-3-9-16(26-2)10-4-13)27-18(25)14-5-7-15(8-6-14)19(20,21)22/h3-10,12H,11H2,1-2H3,(H,23,24)/t12-/m0/s1. The largest absolute Gasteiger partial charge is 0.497 e. The Kier molecular flexibility index (Phi) is 6.44. The predicted octanol–water partition coefficient (Wildman–Crippen LogP) is 3.58. The zero-order valence-corrected chi connectivity index (χ0v) is 14.7. The Morgan fingerprint density at radius 2 is 1.63 bits per heavy atom. The molecule has 0 heterocycles. The lowest BCUT2D eigenvalue weighted by Crippen LogP contribution is -2.35. The van der Waals surface area contributed by atoms with Crippen LogP contribution in [-0.4, -0.2) is 25.1 Å². The van der Waals surface area contributed by atoms with Crippen LogP contribution in [0.4, 0.5) is 13.2 Å². The van der Waals surface area contributed by atoms with Crippen LogP contribution >= 0.6 is 0 Å². The molecule has 1 amide bonds. The highest BCUT2D eigenvalue weighted by Gasteiger charge is 2.30. The maximum atomic E-state index is 12.5. The number of halogens is 3. The van der Waals surface area contributed by atoms with Crippen LogP contribution in [-0.2, 0) is 22.3 Å². The number of benzene rings is 2. The summed E-state index contributed by atoms with van der Waals surface area (Å²) in [6.45, 7) is 1.61. The second-order valence-corrected chi connectivity index (χ2v) is 5.69. The van der Waals surface area contributed by atoms with E-state index in [2.05, 4.69) is 5.32 Å². The summed E-state index contributed by atoms with van der Waals surface area (Å²) in [6.07, 6.45) is -5.59. The summed E-state index contributed by atoms with van der Waals surface area (Å²) >= 11 is 0. The van der Waals surface area contributed by atoms with Crippen molar-refractivity contribution in [3.05, 3.63) is 65.2 Å². The molecule has 1 atom stereocenters. The van der Waals surface area contributed by atoms with Crippen LogP contribution in [0, 0.1) is 0 Å². The fourth-order valence-electron chi connectivity index (χ4n) is 2.15. The molecular formula is C19H18F3NO4. The third kappa shape index (κ3) is 5.73. The average Bonchev–Trinajstić information content (AvgIpc) is 2.65. The highest BCUT2D eigenvalue weighted by molar-refractivity contribution is 5.92. The number of rotatable bonds is 6. The number of amides is 1. The van der Waals surface area contributed by atoms with Crippen molar-refractivity contribution < 1.29 is 32.2 Å². The first kappa shape index (κ1) is 20.3. The van der Waals surface area contributed by atoms with E-state index in [9.17, 15) is 22.8 Å². The van der Waals surface area contributed by atoms with E-state index in [4.69, 9.17) is 9.47 Å². The van der Waals surface area contributed by atoms with Crippen LogP contribution in [0.3, 0.4) is 0 Å². The van der Waals surface area contributed by atoms with E-state index in [1.54, 1.807) is 31.4 Å². The third-order valence-electron chi connectivity index (χ3n) is 3.73. The summed E-state index contributed by atoms with van der Waals surface area (Å²) in [5.41, 5.74) is -0.118. The van der Waals surface area contributed by atoms with Gasteiger partial charge in [0.1, 0.15) is 5.75 Å². The summed E-state index contributed by atoms with van der Waals surface area (Å²) in [4.78, 5) is 24.0. The Morgan fingerprint density at radius 3 is 2.15 bits per heavy atom. The molecule has 2 rings (SSSR count). The smallest absolute Gasteiger partial charge is 0.416 e. The van der Waals surface area contributed by atoms with Crippen LogP contribution in [0.25, 0.3) is 0 Å². The van der Waals surface area contributed by atoms with E-state index in [-0.39, 0.29) is 12.1 Å². The second-order valence-electron chi connectivity index (χ2n) is 5.69. The SMILES string of the molecule is COc1ccc(CNC(=O)[C@H](C)OC(=O)c2ccc(C(F)(F)F)cc2)cc1. The van der Waals surface area contributed by atoms with Crippen molar-refractivity contribution in [3.63, 3.8) is 0 Å². The minimum Gasteiger partial charge on any atom is -0.497 e. The topological polar surface area (TPSA) is 64.6 Å². The van der Waals surface area contributed by atoms with Crippen molar-refractivity contribution >= 4 is 11.9 Å². The Labute approximate surface area is 154 Å². The number of methoxy groups -OCH3 is 1. The molecule has 0 aliphatic rings. The number of hydrogen-bond donors (Lipinski definition) is 1. The van der Waals surface area contributed by atoms with Gasteiger partial charge in [0.05, 0.1) is 18.2 Å². The normalized spacial score (nSPS) is 12.2. The minimum atomic E-state index is -4.49.